The molecule has 0 spiro atoms. The molecule has 0 aliphatic rings. The van der Waals surface area contributed by atoms with E-state index in [1.165, 1.54) is 9.79 Å². The fourth-order valence-corrected chi connectivity index (χ4v) is 8.81. The van der Waals surface area contributed by atoms with E-state index in [9.17, 15) is 4.79 Å². The highest BCUT2D eigenvalue weighted by Crippen LogP contribution is 2.36. The molecule has 0 bridgehead atoms. The SMILES string of the molecule is CCSc1ccc2cc([S+](c3ccc(Sc4ccccc4)cc3)c3ccc(Sc4ccccc4)cc3)c(=O)oc2c1. The Hall–Kier alpha value is -3.29. The Labute approximate surface area is 255 Å². The normalized spacial score (nSPS) is 11.3. The highest BCUT2D eigenvalue weighted by atomic mass is 32.2. The van der Waals surface area contributed by atoms with Crippen molar-refractivity contribution in [3.05, 3.63) is 144 Å². The van der Waals surface area contributed by atoms with Crippen LogP contribution >= 0.6 is 35.3 Å². The predicted octanol–water partition coefficient (Wildman–Crippen LogP) is 10.3. The van der Waals surface area contributed by atoms with Gasteiger partial charge >= 0.3 is 5.63 Å². The zero-order valence-electron chi connectivity index (χ0n) is 22.4. The molecule has 0 radical (unpaired) electrons. The summed E-state index contributed by atoms with van der Waals surface area (Å²) in [6.45, 7) is 2.12. The van der Waals surface area contributed by atoms with Crippen LogP contribution in [-0.2, 0) is 10.9 Å². The van der Waals surface area contributed by atoms with Crippen molar-refractivity contribution in [2.45, 2.75) is 46.1 Å². The van der Waals surface area contributed by atoms with Gasteiger partial charge in [-0.25, -0.2) is 4.79 Å². The number of thioether (sulfide) groups is 1. The molecule has 5 aromatic carbocycles. The molecular formula is C35H27O2S4+. The van der Waals surface area contributed by atoms with Gasteiger partial charge in [0.05, 0.1) is 0 Å². The van der Waals surface area contributed by atoms with E-state index >= 15 is 0 Å². The second-order valence-corrected chi connectivity index (χ2v) is 14.7. The lowest BCUT2D eigenvalue weighted by atomic mass is 10.2. The molecule has 0 saturated heterocycles. The molecule has 202 valence electrons. The number of fused-ring (bicyclic) bond motifs is 1. The molecule has 6 aromatic rings. The van der Waals surface area contributed by atoms with Crippen LogP contribution in [0.5, 0.6) is 0 Å². The first kappa shape index (κ1) is 27.9. The summed E-state index contributed by atoms with van der Waals surface area (Å²) in [6, 6.07) is 46.0. The quantitative estimate of drug-likeness (QED) is 0.0927. The Balaban J connectivity index is 1.38. The maximum atomic E-state index is 13.5. The molecule has 0 aliphatic heterocycles. The minimum atomic E-state index is -0.630. The monoisotopic (exact) mass is 607 g/mol. The highest BCUT2D eigenvalue weighted by Gasteiger charge is 2.33. The van der Waals surface area contributed by atoms with Crippen LogP contribution in [0.2, 0.25) is 0 Å². The number of hydrogen-bond acceptors (Lipinski definition) is 5. The molecule has 6 rings (SSSR count). The van der Waals surface area contributed by atoms with Crippen LogP contribution in [0.25, 0.3) is 11.0 Å². The fraction of sp³-hybridized carbons (Fsp3) is 0.0571. The number of rotatable bonds is 9. The summed E-state index contributed by atoms with van der Waals surface area (Å²) in [5, 5.41) is 0.935. The topological polar surface area (TPSA) is 30.2 Å². The molecule has 0 fully saturated rings. The maximum absolute atomic E-state index is 13.5. The van der Waals surface area contributed by atoms with Crippen molar-refractivity contribution >= 4 is 57.1 Å². The molecule has 0 aliphatic carbocycles. The summed E-state index contributed by atoms with van der Waals surface area (Å²) in [5.41, 5.74) is 0.343. The van der Waals surface area contributed by atoms with Gasteiger partial charge in [0.25, 0.3) is 4.90 Å². The summed E-state index contributed by atoms with van der Waals surface area (Å²) < 4.78 is 5.94. The molecule has 0 saturated carbocycles. The van der Waals surface area contributed by atoms with Crippen molar-refractivity contribution in [3.8, 4) is 0 Å². The molecular weight excluding hydrogens is 581 g/mol. The van der Waals surface area contributed by atoms with E-state index in [-0.39, 0.29) is 5.63 Å². The molecule has 6 heteroatoms. The summed E-state index contributed by atoms with van der Waals surface area (Å²) in [5.74, 6) is 0.967. The summed E-state index contributed by atoms with van der Waals surface area (Å²) in [6.07, 6.45) is 0. The number of benzene rings is 5. The van der Waals surface area contributed by atoms with Crippen LogP contribution in [0.15, 0.2) is 182 Å². The van der Waals surface area contributed by atoms with Gasteiger partial charge in [0.2, 0.25) is 0 Å². The van der Waals surface area contributed by atoms with Crippen molar-refractivity contribution in [1.29, 1.82) is 0 Å². The van der Waals surface area contributed by atoms with E-state index in [4.69, 9.17) is 4.42 Å². The minimum Gasteiger partial charge on any atom is -0.419 e. The third-order valence-corrected chi connectivity index (χ3v) is 11.4. The first-order valence-electron chi connectivity index (χ1n) is 13.3. The predicted molar refractivity (Wildman–Crippen MR) is 175 cm³/mol. The van der Waals surface area contributed by atoms with Crippen molar-refractivity contribution in [3.63, 3.8) is 0 Å². The summed E-state index contributed by atoms with van der Waals surface area (Å²) in [7, 11) is -0.630. The van der Waals surface area contributed by atoms with Crippen LogP contribution in [0.1, 0.15) is 6.92 Å². The van der Waals surface area contributed by atoms with E-state index in [1.807, 2.05) is 24.3 Å². The van der Waals surface area contributed by atoms with Crippen LogP contribution < -0.4 is 5.63 Å². The van der Waals surface area contributed by atoms with Gasteiger partial charge in [-0.05, 0) is 96.7 Å². The van der Waals surface area contributed by atoms with Gasteiger partial charge in [-0.2, -0.15) is 0 Å². The highest BCUT2D eigenvalue weighted by molar-refractivity contribution is 8.00. The Morgan fingerprint density at radius 1 is 0.585 bits per heavy atom. The number of hydrogen-bond donors (Lipinski definition) is 0. The van der Waals surface area contributed by atoms with Gasteiger partial charge in [-0.1, -0.05) is 66.8 Å². The van der Waals surface area contributed by atoms with Crippen LogP contribution in [0.4, 0.5) is 0 Å². The van der Waals surface area contributed by atoms with Gasteiger partial charge in [-0.15, -0.1) is 11.8 Å². The summed E-state index contributed by atoms with van der Waals surface area (Å²) in [4.78, 5) is 22.2. The maximum Gasteiger partial charge on any atom is 0.393 e. The lowest BCUT2D eigenvalue weighted by Crippen LogP contribution is -2.15. The van der Waals surface area contributed by atoms with E-state index in [2.05, 4.69) is 116 Å². The third-order valence-electron chi connectivity index (χ3n) is 6.28. The fourth-order valence-electron chi connectivity index (χ4n) is 4.40. The van der Waals surface area contributed by atoms with Crippen LogP contribution in [0.3, 0.4) is 0 Å². The van der Waals surface area contributed by atoms with Crippen LogP contribution in [-0.4, -0.2) is 5.75 Å². The molecule has 1 aromatic heterocycles. The van der Waals surface area contributed by atoms with E-state index in [0.29, 0.717) is 10.5 Å². The Morgan fingerprint density at radius 2 is 1.07 bits per heavy atom. The average Bonchev–Trinajstić information content (AvgIpc) is 3.00. The summed E-state index contributed by atoms with van der Waals surface area (Å²) >= 11 is 5.20. The molecule has 41 heavy (non-hydrogen) atoms. The lowest BCUT2D eigenvalue weighted by Gasteiger charge is -2.10. The molecule has 0 atom stereocenters. The van der Waals surface area contributed by atoms with Gasteiger partial charge in [0.1, 0.15) is 16.5 Å². The molecule has 2 nitrogen and oxygen atoms in total. The first-order chi connectivity index (χ1) is 20.2. The van der Waals surface area contributed by atoms with E-state index < -0.39 is 10.9 Å². The molecule has 1 heterocycles. The van der Waals surface area contributed by atoms with Crippen molar-refractivity contribution < 1.29 is 4.42 Å². The van der Waals surface area contributed by atoms with Crippen molar-refractivity contribution in [2.75, 3.05) is 5.75 Å². The van der Waals surface area contributed by atoms with Crippen molar-refractivity contribution in [2.24, 2.45) is 0 Å². The van der Waals surface area contributed by atoms with Gasteiger partial charge in [0, 0.05) is 35.9 Å². The second kappa shape index (κ2) is 13.1. The Bertz CT molecular complexity index is 1720. The Morgan fingerprint density at radius 3 is 1.59 bits per heavy atom. The molecule has 0 amide bonds. The van der Waals surface area contributed by atoms with Gasteiger partial charge in [-0.3, -0.25) is 0 Å². The zero-order valence-corrected chi connectivity index (χ0v) is 25.6. The minimum absolute atomic E-state index is 0.287. The zero-order chi connectivity index (χ0) is 28.0. The molecule has 0 N–H and O–H groups in total. The van der Waals surface area contributed by atoms with Gasteiger partial charge < -0.3 is 4.42 Å². The standard InChI is InChI=1S/C35H27O2S4/c1-2-38-30-14-13-25-23-34(35(36)37-33(25)24-30)41(31-19-15-28(16-20-31)39-26-9-5-3-6-10-26)32-21-17-29(18-22-32)40-27-11-7-4-8-12-27/h3-24H,2H2,1H3/q+1. The lowest BCUT2D eigenvalue weighted by molar-refractivity contribution is 0.542. The van der Waals surface area contributed by atoms with Crippen LogP contribution in [0, 0.1) is 0 Å². The van der Waals surface area contributed by atoms with Gasteiger partial charge in [0.15, 0.2) is 9.79 Å². The first-order valence-corrected chi connectivity index (χ1v) is 17.1. The second-order valence-electron chi connectivity index (χ2n) is 9.11. The largest absolute Gasteiger partial charge is 0.419 e. The van der Waals surface area contributed by atoms with E-state index in [1.54, 1.807) is 35.3 Å². The third kappa shape index (κ3) is 6.79. The van der Waals surface area contributed by atoms with Crippen molar-refractivity contribution in [1.82, 2.24) is 0 Å². The Kier molecular flexibility index (Phi) is 8.92. The average molecular weight is 608 g/mol. The van der Waals surface area contributed by atoms with E-state index in [0.717, 1.165) is 35.6 Å². The smallest absolute Gasteiger partial charge is 0.393 e. The molecule has 0 unspecified atom stereocenters.